The van der Waals surface area contributed by atoms with Crippen LogP contribution in [0.5, 0.6) is 0 Å². The van der Waals surface area contributed by atoms with Crippen molar-refractivity contribution in [3.05, 3.63) is 35.4 Å². The first kappa shape index (κ1) is 22.6. The van der Waals surface area contributed by atoms with Gasteiger partial charge in [0.2, 0.25) is 5.91 Å². The van der Waals surface area contributed by atoms with Crippen LogP contribution in [0.3, 0.4) is 0 Å². The van der Waals surface area contributed by atoms with E-state index >= 15 is 0 Å². The van der Waals surface area contributed by atoms with E-state index in [4.69, 9.17) is 26.8 Å². The number of hydrogen-bond donors (Lipinski definition) is 1. The highest BCUT2D eigenvalue weighted by molar-refractivity contribution is 6.30. The van der Waals surface area contributed by atoms with Crippen molar-refractivity contribution in [2.75, 3.05) is 12.5 Å². The molecule has 7 nitrogen and oxygen atoms in total. The number of alkyl halides is 1. The molecule has 1 aromatic rings. The number of aryl methyl sites for hydroxylation is 1. The summed E-state index contributed by atoms with van der Waals surface area (Å²) in [7, 11) is 0. The zero-order chi connectivity index (χ0) is 20.4. The van der Waals surface area contributed by atoms with Gasteiger partial charge in [0.05, 0.1) is 18.9 Å². The van der Waals surface area contributed by atoms with E-state index in [1.807, 2.05) is 0 Å². The number of ketones is 1. The maximum absolute atomic E-state index is 11.6. The molecule has 8 heteroatoms. The summed E-state index contributed by atoms with van der Waals surface area (Å²) in [4.78, 5) is 45.4. The standard InChI is InChI=1S/C19H24ClNO6/c1-12(22)26-11-16(18(9-19(21)25)27-13(2)23)8-5-14-3-6-15(7-4-14)17(24)10-20/h3-4,6-7,16,18H,5,8-11H2,1-2H3,(H2,21,25). The minimum absolute atomic E-state index is 0.00335. The molecule has 0 heterocycles. The zero-order valence-corrected chi connectivity index (χ0v) is 16.2. The molecule has 0 fully saturated rings. The number of carbonyl (C=O) groups is 4. The summed E-state index contributed by atoms with van der Waals surface area (Å²) in [6.07, 6.45) is 0.116. The topological polar surface area (TPSA) is 113 Å². The first-order valence-electron chi connectivity index (χ1n) is 8.50. The van der Waals surface area contributed by atoms with Crippen molar-refractivity contribution < 1.29 is 28.7 Å². The summed E-state index contributed by atoms with van der Waals surface area (Å²) in [6.45, 7) is 2.52. The van der Waals surface area contributed by atoms with Crippen LogP contribution in [-0.2, 0) is 30.3 Å². The predicted octanol–water partition coefficient (Wildman–Crippen LogP) is 2.03. The van der Waals surface area contributed by atoms with Gasteiger partial charge in [0.15, 0.2) is 5.78 Å². The summed E-state index contributed by atoms with van der Waals surface area (Å²) < 4.78 is 10.3. The second kappa shape index (κ2) is 11.3. The summed E-state index contributed by atoms with van der Waals surface area (Å²) >= 11 is 5.54. The third-order valence-corrected chi connectivity index (χ3v) is 4.19. The quantitative estimate of drug-likeness (QED) is 0.347. The molecule has 2 unspecified atom stereocenters. The van der Waals surface area contributed by atoms with Crippen LogP contribution in [-0.4, -0.2) is 42.2 Å². The molecule has 0 aliphatic heterocycles. The number of primary amides is 1. The average Bonchev–Trinajstić information content (AvgIpc) is 2.60. The van der Waals surface area contributed by atoms with E-state index in [1.165, 1.54) is 13.8 Å². The Labute approximate surface area is 163 Å². The lowest BCUT2D eigenvalue weighted by Crippen LogP contribution is -2.34. The molecule has 0 saturated carbocycles. The first-order chi connectivity index (χ1) is 12.7. The van der Waals surface area contributed by atoms with Gasteiger partial charge in [-0.15, -0.1) is 11.6 Å². The van der Waals surface area contributed by atoms with Crippen molar-refractivity contribution in [2.45, 2.75) is 39.2 Å². The maximum atomic E-state index is 11.6. The van der Waals surface area contributed by atoms with E-state index < -0.39 is 29.9 Å². The van der Waals surface area contributed by atoms with Crippen LogP contribution >= 0.6 is 11.6 Å². The number of Topliss-reactive ketones (excluding diaryl/α,β-unsaturated/α-hetero) is 1. The van der Waals surface area contributed by atoms with Crippen molar-refractivity contribution in [2.24, 2.45) is 11.7 Å². The van der Waals surface area contributed by atoms with Crippen LogP contribution in [0.2, 0.25) is 0 Å². The van der Waals surface area contributed by atoms with Gasteiger partial charge in [0.1, 0.15) is 6.10 Å². The van der Waals surface area contributed by atoms with E-state index in [1.54, 1.807) is 24.3 Å². The molecule has 0 radical (unpaired) electrons. The van der Waals surface area contributed by atoms with Crippen LogP contribution in [0.4, 0.5) is 0 Å². The number of rotatable bonds is 11. The van der Waals surface area contributed by atoms with Crippen LogP contribution in [0.15, 0.2) is 24.3 Å². The monoisotopic (exact) mass is 397 g/mol. The van der Waals surface area contributed by atoms with Gasteiger partial charge < -0.3 is 15.2 Å². The number of esters is 2. The molecule has 2 N–H and O–H groups in total. The Balaban J connectivity index is 2.85. The van der Waals surface area contributed by atoms with Crippen LogP contribution in [0.25, 0.3) is 0 Å². The van der Waals surface area contributed by atoms with Crippen molar-refractivity contribution >= 4 is 35.2 Å². The second-order valence-electron chi connectivity index (χ2n) is 6.17. The first-order valence-corrected chi connectivity index (χ1v) is 9.03. The lowest BCUT2D eigenvalue weighted by molar-refractivity contribution is -0.154. The molecule has 0 saturated heterocycles. The largest absolute Gasteiger partial charge is 0.465 e. The SMILES string of the molecule is CC(=O)OCC(CCc1ccc(C(=O)CCl)cc1)C(CC(N)=O)OC(C)=O. The zero-order valence-electron chi connectivity index (χ0n) is 15.4. The Morgan fingerprint density at radius 1 is 1.07 bits per heavy atom. The Kier molecular flexibility index (Phi) is 9.50. The maximum Gasteiger partial charge on any atom is 0.302 e. The van der Waals surface area contributed by atoms with Gasteiger partial charge in [-0.25, -0.2) is 0 Å². The fraction of sp³-hybridized carbons (Fsp3) is 0.474. The van der Waals surface area contributed by atoms with Gasteiger partial charge in [0.25, 0.3) is 0 Å². The molecule has 27 heavy (non-hydrogen) atoms. The second-order valence-corrected chi connectivity index (χ2v) is 6.44. The Morgan fingerprint density at radius 2 is 1.70 bits per heavy atom. The normalized spacial score (nSPS) is 12.7. The molecule has 1 rings (SSSR count). The number of nitrogens with two attached hydrogens (primary N) is 1. The third kappa shape index (κ3) is 8.68. The molecule has 2 atom stereocenters. The molecule has 148 valence electrons. The summed E-state index contributed by atoms with van der Waals surface area (Å²) in [5.74, 6) is -2.26. The molecule has 1 amide bonds. The molecule has 0 aromatic heterocycles. The van der Waals surface area contributed by atoms with Crippen molar-refractivity contribution in [1.29, 1.82) is 0 Å². The van der Waals surface area contributed by atoms with Gasteiger partial charge in [-0.1, -0.05) is 24.3 Å². The van der Waals surface area contributed by atoms with Gasteiger partial charge in [0, 0.05) is 25.3 Å². The highest BCUT2D eigenvalue weighted by atomic mass is 35.5. The minimum Gasteiger partial charge on any atom is -0.465 e. The Hall–Kier alpha value is -2.41. The molecule has 1 aromatic carbocycles. The van der Waals surface area contributed by atoms with Gasteiger partial charge in [-0.2, -0.15) is 0 Å². The van der Waals surface area contributed by atoms with E-state index in [0.717, 1.165) is 5.56 Å². The Morgan fingerprint density at radius 3 is 2.19 bits per heavy atom. The highest BCUT2D eigenvalue weighted by Gasteiger charge is 2.27. The van der Waals surface area contributed by atoms with E-state index in [0.29, 0.717) is 18.4 Å². The molecule has 0 bridgehead atoms. The lowest BCUT2D eigenvalue weighted by Gasteiger charge is -2.25. The molecular weight excluding hydrogens is 374 g/mol. The number of halogens is 1. The van der Waals surface area contributed by atoms with E-state index in [2.05, 4.69) is 0 Å². The number of benzene rings is 1. The van der Waals surface area contributed by atoms with Gasteiger partial charge in [-0.3, -0.25) is 19.2 Å². The average molecular weight is 398 g/mol. The number of amides is 1. The summed E-state index contributed by atoms with van der Waals surface area (Å²) in [5.41, 5.74) is 6.71. The number of ether oxygens (including phenoxy) is 2. The van der Waals surface area contributed by atoms with Crippen LogP contribution < -0.4 is 5.73 Å². The fourth-order valence-electron chi connectivity index (χ4n) is 2.60. The molecular formula is C19H24ClNO6. The van der Waals surface area contributed by atoms with Crippen molar-refractivity contribution in [3.8, 4) is 0 Å². The lowest BCUT2D eigenvalue weighted by atomic mass is 9.92. The van der Waals surface area contributed by atoms with E-state index in [9.17, 15) is 19.2 Å². The molecule has 0 spiro atoms. The van der Waals surface area contributed by atoms with Gasteiger partial charge in [-0.05, 0) is 18.4 Å². The fourth-order valence-corrected chi connectivity index (χ4v) is 2.76. The van der Waals surface area contributed by atoms with E-state index in [-0.39, 0.29) is 24.7 Å². The predicted molar refractivity (Wildman–Crippen MR) is 99.3 cm³/mol. The van der Waals surface area contributed by atoms with Crippen LogP contribution in [0, 0.1) is 5.92 Å². The van der Waals surface area contributed by atoms with Crippen molar-refractivity contribution in [3.63, 3.8) is 0 Å². The Bertz CT molecular complexity index is 657. The summed E-state index contributed by atoms with van der Waals surface area (Å²) in [5, 5.41) is 0. The summed E-state index contributed by atoms with van der Waals surface area (Å²) in [6, 6.07) is 6.98. The van der Waals surface area contributed by atoms with Crippen LogP contribution in [0.1, 0.15) is 42.6 Å². The smallest absolute Gasteiger partial charge is 0.302 e. The number of carbonyl (C=O) groups excluding carboxylic acids is 4. The molecule has 0 aliphatic carbocycles. The number of hydrogen-bond acceptors (Lipinski definition) is 6. The molecule has 0 aliphatic rings. The minimum atomic E-state index is -0.781. The van der Waals surface area contributed by atoms with Crippen molar-refractivity contribution in [1.82, 2.24) is 0 Å². The highest BCUT2D eigenvalue weighted by Crippen LogP contribution is 2.20. The van der Waals surface area contributed by atoms with Gasteiger partial charge >= 0.3 is 11.9 Å². The third-order valence-electron chi connectivity index (χ3n) is 3.95.